The van der Waals surface area contributed by atoms with Crippen LogP contribution in [0.25, 0.3) is 0 Å². The molecule has 0 aliphatic rings. The number of nitrogens with zero attached hydrogens (tertiary/aromatic N) is 1. The third-order valence-corrected chi connectivity index (χ3v) is 3.75. The van der Waals surface area contributed by atoms with Crippen molar-refractivity contribution in [2.24, 2.45) is 4.40 Å². The van der Waals surface area contributed by atoms with Crippen molar-refractivity contribution in [2.75, 3.05) is 38.2 Å². The number of nitrogens with one attached hydrogen (secondary N) is 2. The first kappa shape index (κ1) is 19.4. The fourth-order valence-corrected chi connectivity index (χ4v) is 2.55. The molecule has 26 heavy (non-hydrogen) atoms. The Kier molecular flexibility index (Phi) is 6.29. The lowest BCUT2D eigenvalue weighted by Gasteiger charge is -2.14. The molecular formula is C17H21N3O5S. The van der Waals surface area contributed by atoms with Crippen LogP contribution in [0.15, 0.2) is 46.9 Å². The Morgan fingerprint density at radius 3 is 2.12 bits per heavy atom. The molecule has 9 heteroatoms. The van der Waals surface area contributed by atoms with Crippen LogP contribution < -0.4 is 24.8 Å². The van der Waals surface area contributed by atoms with Gasteiger partial charge in [-0.15, -0.1) is 4.40 Å². The van der Waals surface area contributed by atoms with Crippen LogP contribution in [0.2, 0.25) is 0 Å². The first-order valence-corrected chi connectivity index (χ1v) is 9.39. The fraction of sp³-hybridized carbons (Fsp3) is 0.235. The maximum atomic E-state index is 11.6. The highest BCUT2D eigenvalue weighted by atomic mass is 32.2. The number of ether oxygens (including phenoxy) is 3. The average Bonchev–Trinajstić information content (AvgIpc) is 2.60. The van der Waals surface area contributed by atoms with E-state index < -0.39 is 10.0 Å². The summed E-state index contributed by atoms with van der Waals surface area (Å²) in [7, 11) is 0.965. The van der Waals surface area contributed by atoms with Crippen molar-refractivity contribution in [3.05, 3.63) is 42.5 Å². The second-order valence-electron chi connectivity index (χ2n) is 5.22. The maximum absolute atomic E-state index is 11.6. The lowest BCUT2D eigenvalue weighted by atomic mass is 10.2. The molecule has 0 aromatic heterocycles. The zero-order valence-corrected chi connectivity index (χ0v) is 15.8. The minimum atomic E-state index is -3.63. The van der Waals surface area contributed by atoms with Gasteiger partial charge in [0, 0.05) is 23.5 Å². The van der Waals surface area contributed by atoms with Crippen LogP contribution in [0, 0.1) is 0 Å². The van der Waals surface area contributed by atoms with Gasteiger partial charge in [0.2, 0.25) is 5.96 Å². The quantitative estimate of drug-likeness (QED) is 0.588. The van der Waals surface area contributed by atoms with Crippen molar-refractivity contribution >= 4 is 27.4 Å². The summed E-state index contributed by atoms with van der Waals surface area (Å²) in [5, 5.41) is 5.86. The van der Waals surface area contributed by atoms with Gasteiger partial charge in [-0.1, -0.05) is 6.07 Å². The van der Waals surface area contributed by atoms with Crippen LogP contribution in [0.1, 0.15) is 0 Å². The molecule has 0 spiro atoms. The zero-order valence-electron chi connectivity index (χ0n) is 14.9. The van der Waals surface area contributed by atoms with Crippen LogP contribution in [0.4, 0.5) is 11.4 Å². The second-order valence-corrected chi connectivity index (χ2v) is 6.87. The third-order valence-electron chi connectivity index (χ3n) is 3.24. The largest absolute Gasteiger partial charge is 0.497 e. The summed E-state index contributed by atoms with van der Waals surface area (Å²) in [5.74, 6) is 1.71. The number of sulfonamides is 1. The molecule has 2 rings (SSSR count). The van der Waals surface area contributed by atoms with Gasteiger partial charge in [0.25, 0.3) is 10.0 Å². The van der Waals surface area contributed by atoms with Crippen molar-refractivity contribution in [1.29, 1.82) is 0 Å². The number of rotatable bonds is 6. The van der Waals surface area contributed by atoms with Gasteiger partial charge >= 0.3 is 0 Å². The molecule has 0 fully saturated rings. The van der Waals surface area contributed by atoms with Crippen LogP contribution in [-0.4, -0.2) is 42.0 Å². The molecule has 0 saturated heterocycles. The number of methoxy groups -OCH3 is 3. The fourth-order valence-electron chi connectivity index (χ4n) is 2.13. The summed E-state index contributed by atoms with van der Waals surface area (Å²) < 4.78 is 42.6. The minimum absolute atomic E-state index is 0.0352. The first-order valence-electron chi connectivity index (χ1n) is 7.54. The molecule has 8 nitrogen and oxygen atoms in total. The summed E-state index contributed by atoms with van der Waals surface area (Å²) >= 11 is 0. The van der Waals surface area contributed by atoms with Crippen molar-refractivity contribution < 1.29 is 22.6 Å². The van der Waals surface area contributed by atoms with E-state index in [2.05, 4.69) is 15.0 Å². The summed E-state index contributed by atoms with van der Waals surface area (Å²) in [6, 6.07) is 12.1. The Morgan fingerprint density at radius 2 is 1.54 bits per heavy atom. The zero-order chi connectivity index (χ0) is 19.2. The topological polar surface area (TPSA) is 98.2 Å². The van der Waals surface area contributed by atoms with Crippen molar-refractivity contribution in [3.63, 3.8) is 0 Å². The summed E-state index contributed by atoms with van der Waals surface area (Å²) in [4.78, 5) is 0. The van der Waals surface area contributed by atoms with E-state index in [0.29, 0.717) is 28.6 Å². The predicted molar refractivity (Wildman–Crippen MR) is 102 cm³/mol. The maximum Gasteiger partial charge on any atom is 0.253 e. The molecule has 0 atom stereocenters. The van der Waals surface area contributed by atoms with E-state index in [0.717, 1.165) is 6.26 Å². The molecule has 2 N–H and O–H groups in total. The summed E-state index contributed by atoms with van der Waals surface area (Å²) in [5.41, 5.74) is 1.18. The standard InChI is InChI=1S/C17H21N3O5S/c1-23-14-7-5-6-12(10-14)18-17(20-26(4,21)22)19-13-8-9-15(24-2)16(11-13)25-3/h5-11H,1-4H3,(H2,18,19,20). The summed E-state index contributed by atoms with van der Waals surface area (Å²) in [6.07, 6.45) is 1.01. The third kappa shape index (κ3) is 5.55. The summed E-state index contributed by atoms with van der Waals surface area (Å²) in [6.45, 7) is 0. The van der Waals surface area contributed by atoms with E-state index in [4.69, 9.17) is 14.2 Å². The average molecular weight is 379 g/mol. The van der Waals surface area contributed by atoms with Gasteiger partial charge < -0.3 is 24.8 Å². The number of anilines is 2. The van der Waals surface area contributed by atoms with Gasteiger partial charge in [-0.25, -0.2) is 8.42 Å². The van der Waals surface area contributed by atoms with Crippen LogP contribution >= 0.6 is 0 Å². The Balaban J connectivity index is 2.32. The Hall–Kier alpha value is -2.94. The van der Waals surface area contributed by atoms with Gasteiger partial charge in [-0.2, -0.15) is 0 Å². The van der Waals surface area contributed by atoms with Crippen molar-refractivity contribution in [2.45, 2.75) is 0 Å². The lowest BCUT2D eigenvalue weighted by Crippen LogP contribution is -2.23. The van der Waals surface area contributed by atoms with Crippen molar-refractivity contribution in [3.8, 4) is 17.2 Å². The van der Waals surface area contributed by atoms with E-state index in [-0.39, 0.29) is 5.96 Å². The Bertz CT molecular complexity index is 897. The van der Waals surface area contributed by atoms with Gasteiger partial charge in [-0.05, 0) is 24.3 Å². The van der Waals surface area contributed by atoms with Crippen LogP contribution in [0.3, 0.4) is 0 Å². The van der Waals surface area contributed by atoms with Gasteiger partial charge in [-0.3, -0.25) is 0 Å². The van der Waals surface area contributed by atoms with E-state index in [1.807, 2.05) is 0 Å². The lowest BCUT2D eigenvalue weighted by molar-refractivity contribution is 0.355. The van der Waals surface area contributed by atoms with Crippen LogP contribution in [0.5, 0.6) is 17.2 Å². The molecule has 0 unspecified atom stereocenters. The molecule has 0 saturated carbocycles. The van der Waals surface area contributed by atoms with Gasteiger partial charge in [0.05, 0.1) is 27.6 Å². The molecule has 0 amide bonds. The number of hydrogen-bond acceptors (Lipinski definition) is 5. The Morgan fingerprint density at radius 1 is 0.885 bits per heavy atom. The number of hydrogen-bond donors (Lipinski definition) is 2. The molecule has 2 aromatic carbocycles. The van der Waals surface area contributed by atoms with E-state index in [1.165, 1.54) is 14.2 Å². The smallest absolute Gasteiger partial charge is 0.253 e. The molecule has 0 aliphatic carbocycles. The molecular weight excluding hydrogens is 358 g/mol. The van der Waals surface area contributed by atoms with Crippen molar-refractivity contribution in [1.82, 2.24) is 0 Å². The highest BCUT2D eigenvalue weighted by Crippen LogP contribution is 2.29. The highest BCUT2D eigenvalue weighted by molar-refractivity contribution is 7.89. The number of benzene rings is 2. The minimum Gasteiger partial charge on any atom is -0.497 e. The molecule has 140 valence electrons. The molecule has 0 bridgehead atoms. The normalized spacial score (nSPS) is 11.6. The molecule has 0 aliphatic heterocycles. The van der Waals surface area contributed by atoms with Gasteiger partial charge in [0.1, 0.15) is 5.75 Å². The molecule has 0 heterocycles. The van der Waals surface area contributed by atoms with E-state index in [9.17, 15) is 8.42 Å². The predicted octanol–water partition coefficient (Wildman–Crippen LogP) is 2.55. The first-order chi connectivity index (χ1) is 12.3. The highest BCUT2D eigenvalue weighted by Gasteiger charge is 2.10. The monoisotopic (exact) mass is 379 g/mol. The molecule has 2 aromatic rings. The SMILES string of the molecule is COc1cccc(N/C(=N\S(C)(=O)=O)Nc2ccc(OC)c(OC)c2)c1. The second kappa shape index (κ2) is 8.43. The number of guanidine groups is 1. The van der Waals surface area contributed by atoms with Gasteiger partial charge in [0.15, 0.2) is 11.5 Å². The van der Waals surface area contributed by atoms with E-state index in [1.54, 1.807) is 49.6 Å². The Labute approximate surface area is 152 Å². The van der Waals surface area contributed by atoms with Crippen LogP contribution in [-0.2, 0) is 10.0 Å². The molecule has 0 radical (unpaired) electrons. The van der Waals surface area contributed by atoms with E-state index >= 15 is 0 Å².